The molecule has 2 rings (SSSR count). The average Bonchev–Trinajstić information content (AvgIpc) is 2.87. The standard InChI is InChI=1S/C11H19NO2S/c1-9(13)12(10-4-6-15-8-10)7-11-3-2-5-14-11/h10-11H,2-8H2,1H3. The lowest BCUT2D eigenvalue weighted by Gasteiger charge is -2.29. The molecule has 2 heterocycles. The highest BCUT2D eigenvalue weighted by Crippen LogP contribution is 2.24. The van der Waals surface area contributed by atoms with E-state index in [4.69, 9.17) is 4.74 Å². The molecule has 2 saturated heterocycles. The lowest BCUT2D eigenvalue weighted by molar-refractivity contribution is -0.132. The third kappa shape index (κ3) is 2.88. The molecular weight excluding hydrogens is 210 g/mol. The number of nitrogens with zero attached hydrogens (tertiary/aromatic N) is 1. The number of thioether (sulfide) groups is 1. The van der Waals surface area contributed by atoms with Crippen LogP contribution in [0.4, 0.5) is 0 Å². The highest BCUT2D eigenvalue weighted by molar-refractivity contribution is 7.99. The summed E-state index contributed by atoms with van der Waals surface area (Å²) in [5, 5.41) is 0. The van der Waals surface area contributed by atoms with Gasteiger partial charge in [-0.15, -0.1) is 0 Å². The lowest BCUT2D eigenvalue weighted by atomic mass is 10.1. The molecule has 2 fully saturated rings. The molecule has 0 radical (unpaired) electrons. The molecule has 86 valence electrons. The van der Waals surface area contributed by atoms with Crippen molar-refractivity contribution in [2.24, 2.45) is 0 Å². The number of hydrogen-bond acceptors (Lipinski definition) is 3. The van der Waals surface area contributed by atoms with Gasteiger partial charge in [0.25, 0.3) is 0 Å². The first-order chi connectivity index (χ1) is 7.27. The maximum absolute atomic E-state index is 11.6. The van der Waals surface area contributed by atoms with Gasteiger partial charge in [-0.1, -0.05) is 0 Å². The summed E-state index contributed by atoms with van der Waals surface area (Å²) in [5.74, 6) is 2.50. The molecule has 3 nitrogen and oxygen atoms in total. The molecule has 0 saturated carbocycles. The molecule has 0 aliphatic carbocycles. The summed E-state index contributed by atoms with van der Waals surface area (Å²) in [6.45, 7) is 3.36. The van der Waals surface area contributed by atoms with Crippen molar-refractivity contribution in [2.45, 2.75) is 38.3 Å². The largest absolute Gasteiger partial charge is 0.376 e. The maximum Gasteiger partial charge on any atom is 0.219 e. The van der Waals surface area contributed by atoms with E-state index in [0.29, 0.717) is 12.1 Å². The van der Waals surface area contributed by atoms with E-state index in [0.717, 1.165) is 38.2 Å². The zero-order valence-electron chi connectivity index (χ0n) is 9.28. The first kappa shape index (κ1) is 11.3. The van der Waals surface area contributed by atoms with Crippen LogP contribution in [0, 0.1) is 0 Å². The highest BCUT2D eigenvalue weighted by atomic mass is 32.2. The summed E-state index contributed by atoms with van der Waals surface area (Å²) in [7, 11) is 0. The van der Waals surface area contributed by atoms with Gasteiger partial charge < -0.3 is 9.64 Å². The predicted octanol–water partition coefficient (Wildman–Crippen LogP) is 1.52. The molecule has 1 amide bonds. The summed E-state index contributed by atoms with van der Waals surface area (Å²) >= 11 is 1.95. The fourth-order valence-electron chi connectivity index (χ4n) is 2.31. The van der Waals surface area contributed by atoms with E-state index < -0.39 is 0 Å². The summed E-state index contributed by atoms with van der Waals surface area (Å²) < 4.78 is 5.59. The molecule has 2 unspecified atom stereocenters. The third-order valence-corrected chi connectivity index (χ3v) is 4.32. The summed E-state index contributed by atoms with van der Waals surface area (Å²) in [6.07, 6.45) is 3.70. The first-order valence-corrected chi connectivity index (χ1v) is 6.89. The minimum Gasteiger partial charge on any atom is -0.376 e. The number of carbonyl (C=O) groups excluding carboxylic acids is 1. The quantitative estimate of drug-likeness (QED) is 0.735. The van der Waals surface area contributed by atoms with Crippen LogP contribution >= 0.6 is 11.8 Å². The molecule has 0 spiro atoms. The van der Waals surface area contributed by atoms with Crippen molar-refractivity contribution in [3.05, 3.63) is 0 Å². The van der Waals surface area contributed by atoms with Crippen LogP contribution in [0.15, 0.2) is 0 Å². The smallest absolute Gasteiger partial charge is 0.219 e. The van der Waals surface area contributed by atoms with Gasteiger partial charge in [-0.3, -0.25) is 4.79 Å². The van der Waals surface area contributed by atoms with Crippen molar-refractivity contribution in [1.82, 2.24) is 4.90 Å². The topological polar surface area (TPSA) is 29.5 Å². The van der Waals surface area contributed by atoms with Gasteiger partial charge in [0, 0.05) is 31.9 Å². The number of ether oxygens (including phenoxy) is 1. The minimum atomic E-state index is 0.206. The molecular formula is C11H19NO2S. The van der Waals surface area contributed by atoms with E-state index in [1.807, 2.05) is 16.7 Å². The zero-order chi connectivity index (χ0) is 10.7. The predicted molar refractivity (Wildman–Crippen MR) is 62.1 cm³/mol. The Labute approximate surface area is 95.5 Å². The number of rotatable bonds is 3. The van der Waals surface area contributed by atoms with Crippen LogP contribution in [-0.4, -0.2) is 47.6 Å². The van der Waals surface area contributed by atoms with E-state index in [-0.39, 0.29) is 5.91 Å². The lowest BCUT2D eigenvalue weighted by Crippen LogP contribution is -2.43. The van der Waals surface area contributed by atoms with Crippen molar-refractivity contribution < 1.29 is 9.53 Å². The summed E-state index contributed by atoms with van der Waals surface area (Å²) in [6, 6.07) is 0.455. The maximum atomic E-state index is 11.6. The normalized spacial score (nSPS) is 30.7. The van der Waals surface area contributed by atoms with Gasteiger partial charge in [0.05, 0.1) is 6.10 Å². The highest BCUT2D eigenvalue weighted by Gasteiger charge is 2.28. The van der Waals surface area contributed by atoms with E-state index in [1.165, 1.54) is 5.75 Å². The van der Waals surface area contributed by atoms with Crippen LogP contribution in [0.5, 0.6) is 0 Å². The van der Waals surface area contributed by atoms with Gasteiger partial charge in [-0.05, 0) is 25.0 Å². The van der Waals surface area contributed by atoms with E-state index >= 15 is 0 Å². The summed E-state index contributed by atoms with van der Waals surface area (Å²) in [5.41, 5.74) is 0. The Morgan fingerprint density at radius 1 is 1.53 bits per heavy atom. The van der Waals surface area contributed by atoms with E-state index in [1.54, 1.807) is 6.92 Å². The Bertz CT molecular complexity index is 223. The average molecular weight is 229 g/mol. The zero-order valence-corrected chi connectivity index (χ0v) is 10.1. The minimum absolute atomic E-state index is 0.206. The van der Waals surface area contributed by atoms with Crippen LogP contribution < -0.4 is 0 Å². The van der Waals surface area contributed by atoms with Gasteiger partial charge in [0.1, 0.15) is 0 Å². The Kier molecular flexibility index (Phi) is 3.92. The summed E-state index contributed by atoms with van der Waals surface area (Å²) in [4.78, 5) is 13.6. The second-order valence-corrected chi connectivity index (χ2v) is 5.47. The Hall–Kier alpha value is -0.220. The molecule has 0 aromatic carbocycles. The number of amides is 1. The SMILES string of the molecule is CC(=O)N(CC1CCCO1)C1CCSC1. The van der Waals surface area contributed by atoms with E-state index in [9.17, 15) is 4.79 Å². The van der Waals surface area contributed by atoms with Gasteiger partial charge >= 0.3 is 0 Å². The molecule has 0 N–H and O–H groups in total. The van der Waals surface area contributed by atoms with Crippen molar-refractivity contribution in [3.8, 4) is 0 Å². The van der Waals surface area contributed by atoms with Crippen molar-refractivity contribution >= 4 is 17.7 Å². The second-order valence-electron chi connectivity index (χ2n) is 4.32. The van der Waals surface area contributed by atoms with Crippen LogP contribution in [0.3, 0.4) is 0 Å². The van der Waals surface area contributed by atoms with Crippen molar-refractivity contribution in [2.75, 3.05) is 24.7 Å². The fourth-order valence-corrected chi connectivity index (χ4v) is 3.53. The van der Waals surface area contributed by atoms with Crippen LogP contribution in [0.1, 0.15) is 26.2 Å². The van der Waals surface area contributed by atoms with Crippen LogP contribution in [-0.2, 0) is 9.53 Å². The van der Waals surface area contributed by atoms with Gasteiger partial charge in [0.15, 0.2) is 0 Å². The van der Waals surface area contributed by atoms with Crippen molar-refractivity contribution in [3.63, 3.8) is 0 Å². The first-order valence-electron chi connectivity index (χ1n) is 5.74. The molecule has 0 aromatic rings. The monoisotopic (exact) mass is 229 g/mol. The van der Waals surface area contributed by atoms with Gasteiger partial charge in [-0.25, -0.2) is 0 Å². The Balaban J connectivity index is 1.89. The van der Waals surface area contributed by atoms with Gasteiger partial charge in [-0.2, -0.15) is 11.8 Å². The molecule has 2 atom stereocenters. The van der Waals surface area contributed by atoms with E-state index in [2.05, 4.69) is 0 Å². The Morgan fingerprint density at radius 2 is 2.40 bits per heavy atom. The van der Waals surface area contributed by atoms with Crippen LogP contribution in [0.2, 0.25) is 0 Å². The fraction of sp³-hybridized carbons (Fsp3) is 0.909. The number of hydrogen-bond donors (Lipinski definition) is 0. The molecule has 15 heavy (non-hydrogen) atoms. The molecule has 2 aliphatic heterocycles. The molecule has 0 aromatic heterocycles. The van der Waals surface area contributed by atoms with Gasteiger partial charge in [0.2, 0.25) is 5.91 Å². The molecule has 2 aliphatic rings. The number of carbonyl (C=O) groups is 1. The van der Waals surface area contributed by atoms with Crippen molar-refractivity contribution in [1.29, 1.82) is 0 Å². The molecule has 4 heteroatoms. The molecule has 0 bridgehead atoms. The van der Waals surface area contributed by atoms with Crippen LogP contribution in [0.25, 0.3) is 0 Å². The Morgan fingerprint density at radius 3 is 2.93 bits per heavy atom. The third-order valence-electron chi connectivity index (χ3n) is 3.18. The second kappa shape index (κ2) is 5.21.